The van der Waals surface area contributed by atoms with E-state index in [-0.39, 0.29) is 22.6 Å². The van der Waals surface area contributed by atoms with Crippen molar-refractivity contribution in [2.24, 2.45) is 0 Å². The molecule has 1 aliphatic rings. The maximum atomic E-state index is 12.2. The van der Waals surface area contributed by atoms with Crippen LogP contribution in [0.15, 0.2) is 46.9 Å². The molecule has 0 atom stereocenters. The molecule has 104 valence electrons. The first kappa shape index (κ1) is 13.6. The highest BCUT2D eigenvalue weighted by Crippen LogP contribution is 2.35. The lowest BCUT2D eigenvalue weighted by Crippen LogP contribution is -2.23. The van der Waals surface area contributed by atoms with E-state index in [1.54, 1.807) is 18.2 Å². The van der Waals surface area contributed by atoms with Crippen LogP contribution in [0.5, 0.6) is 5.75 Å². The summed E-state index contributed by atoms with van der Waals surface area (Å²) in [4.78, 5) is 24.4. The standard InChI is InChI=1S/C16H9BrO4/c17-11-7-8(5-6-12(11)18)13-14(19)9-3-1-2-4-10(9)15(20)16(13)21/h1-7,18-19H. The summed E-state index contributed by atoms with van der Waals surface area (Å²) in [7, 11) is 0. The zero-order chi connectivity index (χ0) is 15.1. The van der Waals surface area contributed by atoms with Crippen LogP contribution in [0, 0.1) is 0 Å². The quantitative estimate of drug-likeness (QED) is 0.778. The second-order valence-electron chi connectivity index (χ2n) is 4.59. The number of benzene rings is 2. The Morgan fingerprint density at radius 3 is 2.19 bits per heavy atom. The minimum Gasteiger partial charge on any atom is -0.507 e. The maximum absolute atomic E-state index is 12.2. The molecule has 3 rings (SSSR count). The number of halogens is 1. The van der Waals surface area contributed by atoms with Gasteiger partial charge in [0.15, 0.2) is 0 Å². The molecule has 0 saturated carbocycles. The molecule has 5 heteroatoms. The summed E-state index contributed by atoms with van der Waals surface area (Å²) in [5.74, 6) is -1.63. The number of aliphatic hydroxyl groups is 1. The predicted octanol–water partition coefficient (Wildman–Crippen LogP) is 3.35. The normalized spacial score (nSPS) is 14.3. The third-order valence-electron chi connectivity index (χ3n) is 3.33. The van der Waals surface area contributed by atoms with Crippen molar-refractivity contribution in [1.29, 1.82) is 0 Å². The third-order valence-corrected chi connectivity index (χ3v) is 3.97. The number of Topliss-reactive ketones (excluding diaryl/α,β-unsaturated/α-hetero) is 2. The van der Waals surface area contributed by atoms with Gasteiger partial charge in [-0.2, -0.15) is 0 Å². The topological polar surface area (TPSA) is 74.6 Å². The summed E-state index contributed by atoms with van der Waals surface area (Å²) < 4.78 is 0.374. The molecule has 21 heavy (non-hydrogen) atoms. The van der Waals surface area contributed by atoms with E-state index >= 15 is 0 Å². The van der Waals surface area contributed by atoms with Crippen LogP contribution in [0.3, 0.4) is 0 Å². The first-order valence-electron chi connectivity index (χ1n) is 6.11. The molecule has 0 bridgehead atoms. The summed E-state index contributed by atoms with van der Waals surface area (Å²) in [6, 6.07) is 10.8. The van der Waals surface area contributed by atoms with Crippen molar-refractivity contribution in [3.05, 3.63) is 63.6 Å². The van der Waals surface area contributed by atoms with E-state index in [9.17, 15) is 19.8 Å². The molecule has 0 spiro atoms. The molecule has 0 radical (unpaired) electrons. The number of phenolic OH excluding ortho intramolecular Hbond substituents is 1. The summed E-state index contributed by atoms with van der Waals surface area (Å²) in [5.41, 5.74) is 0.840. The summed E-state index contributed by atoms with van der Waals surface area (Å²) >= 11 is 3.15. The van der Waals surface area contributed by atoms with Crippen molar-refractivity contribution in [3.63, 3.8) is 0 Å². The Balaban J connectivity index is 2.28. The number of carbonyl (C=O) groups excluding carboxylic acids is 2. The zero-order valence-corrected chi connectivity index (χ0v) is 12.2. The van der Waals surface area contributed by atoms with E-state index in [4.69, 9.17) is 0 Å². The van der Waals surface area contributed by atoms with E-state index < -0.39 is 11.6 Å². The first-order valence-corrected chi connectivity index (χ1v) is 6.90. The van der Waals surface area contributed by atoms with Crippen LogP contribution in [-0.4, -0.2) is 21.8 Å². The van der Waals surface area contributed by atoms with E-state index in [1.165, 1.54) is 24.3 Å². The number of aromatic hydroxyl groups is 1. The molecule has 2 aromatic carbocycles. The lowest BCUT2D eigenvalue weighted by atomic mass is 9.85. The number of rotatable bonds is 1. The number of fused-ring (bicyclic) bond motifs is 1. The molecule has 0 heterocycles. The molecule has 0 saturated heterocycles. The van der Waals surface area contributed by atoms with Crippen molar-refractivity contribution in [2.75, 3.05) is 0 Å². The van der Waals surface area contributed by atoms with Gasteiger partial charge in [0, 0.05) is 11.1 Å². The Labute approximate surface area is 128 Å². The average molecular weight is 345 g/mol. The number of carbonyl (C=O) groups is 2. The Morgan fingerprint density at radius 2 is 1.52 bits per heavy atom. The second kappa shape index (κ2) is 4.86. The Bertz CT molecular complexity index is 821. The van der Waals surface area contributed by atoms with Crippen molar-refractivity contribution in [2.45, 2.75) is 0 Å². The smallest absolute Gasteiger partial charge is 0.237 e. The molecule has 2 aromatic rings. The SMILES string of the molecule is O=C1C(=O)c2ccccc2C(O)=C1c1ccc(O)c(Br)c1. The number of phenols is 1. The molecule has 0 amide bonds. The molecular weight excluding hydrogens is 336 g/mol. The molecular formula is C16H9BrO4. The van der Waals surface area contributed by atoms with Gasteiger partial charge in [-0.1, -0.05) is 30.3 Å². The van der Waals surface area contributed by atoms with E-state index in [2.05, 4.69) is 15.9 Å². The number of hydrogen-bond donors (Lipinski definition) is 2. The van der Waals surface area contributed by atoms with Gasteiger partial charge in [0.05, 0.1) is 10.0 Å². The minimum atomic E-state index is -0.760. The first-order chi connectivity index (χ1) is 10.0. The number of hydrogen-bond acceptors (Lipinski definition) is 4. The summed E-state index contributed by atoms with van der Waals surface area (Å²) in [5, 5.41) is 19.9. The highest BCUT2D eigenvalue weighted by molar-refractivity contribution is 9.10. The fourth-order valence-electron chi connectivity index (χ4n) is 2.30. The fourth-order valence-corrected chi connectivity index (χ4v) is 2.67. The molecule has 0 aromatic heterocycles. The van der Waals surface area contributed by atoms with Crippen LogP contribution >= 0.6 is 15.9 Å². The Morgan fingerprint density at radius 1 is 0.857 bits per heavy atom. The van der Waals surface area contributed by atoms with Crippen LogP contribution in [-0.2, 0) is 4.79 Å². The predicted molar refractivity (Wildman–Crippen MR) is 81.0 cm³/mol. The number of allylic oxidation sites excluding steroid dienone is 1. The average Bonchev–Trinajstić information content (AvgIpc) is 2.49. The van der Waals surface area contributed by atoms with Gasteiger partial charge in [-0.3, -0.25) is 9.59 Å². The second-order valence-corrected chi connectivity index (χ2v) is 5.45. The van der Waals surface area contributed by atoms with E-state index in [0.29, 0.717) is 15.6 Å². The molecule has 0 unspecified atom stereocenters. The van der Waals surface area contributed by atoms with Crippen molar-refractivity contribution in [3.8, 4) is 5.75 Å². The summed E-state index contributed by atoms with van der Waals surface area (Å²) in [6.45, 7) is 0. The van der Waals surface area contributed by atoms with Crippen molar-refractivity contribution in [1.82, 2.24) is 0 Å². The van der Waals surface area contributed by atoms with Gasteiger partial charge in [0.25, 0.3) is 0 Å². The zero-order valence-electron chi connectivity index (χ0n) is 10.6. The van der Waals surface area contributed by atoms with Crippen LogP contribution in [0.1, 0.15) is 21.5 Å². The van der Waals surface area contributed by atoms with E-state index in [1.807, 2.05) is 0 Å². The molecule has 4 nitrogen and oxygen atoms in total. The fraction of sp³-hybridized carbons (Fsp3) is 0. The lowest BCUT2D eigenvalue weighted by molar-refractivity contribution is -0.110. The van der Waals surface area contributed by atoms with Crippen LogP contribution in [0.25, 0.3) is 11.3 Å². The number of aliphatic hydroxyl groups excluding tert-OH is 1. The van der Waals surface area contributed by atoms with Gasteiger partial charge in [-0.05, 0) is 33.6 Å². The molecule has 0 fully saturated rings. The van der Waals surface area contributed by atoms with Crippen molar-refractivity contribution < 1.29 is 19.8 Å². The molecule has 2 N–H and O–H groups in total. The Kier molecular flexibility index (Phi) is 3.14. The molecule has 1 aliphatic carbocycles. The van der Waals surface area contributed by atoms with Crippen LogP contribution < -0.4 is 0 Å². The number of ketones is 2. The van der Waals surface area contributed by atoms with Gasteiger partial charge in [0.1, 0.15) is 11.5 Å². The monoisotopic (exact) mass is 344 g/mol. The summed E-state index contributed by atoms with van der Waals surface area (Å²) in [6.07, 6.45) is 0. The lowest BCUT2D eigenvalue weighted by Gasteiger charge is -2.18. The highest BCUT2D eigenvalue weighted by atomic mass is 79.9. The van der Waals surface area contributed by atoms with E-state index in [0.717, 1.165) is 0 Å². The third kappa shape index (κ3) is 2.06. The van der Waals surface area contributed by atoms with Crippen LogP contribution in [0.4, 0.5) is 0 Å². The van der Waals surface area contributed by atoms with Crippen molar-refractivity contribution >= 4 is 38.8 Å². The van der Waals surface area contributed by atoms with Gasteiger partial charge < -0.3 is 10.2 Å². The highest BCUT2D eigenvalue weighted by Gasteiger charge is 2.33. The van der Waals surface area contributed by atoms with Gasteiger partial charge >= 0.3 is 0 Å². The maximum Gasteiger partial charge on any atom is 0.237 e. The van der Waals surface area contributed by atoms with Gasteiger partial charge in [-0.15, -0.1) is 0 Å². The Hall–Kier alpha value is -2.40. The molecule has 0 aliphatic heterocycles. The van der Waals surface area contributed by atoms with Crippen LogP contribution in [0.2, 0.25) is 0 Å². The van der Waals surface area contributed by atoms with Gasteiger partial charge in [-0.25, -0.2) is 0 Å². The van der Waals surface area contributed by atoms with Gasteiger partial charge in [0.2, 0.25) is 11.6 Å². The minimum absolute atomic E-state index is 0.00817. The largest absolute Gasteiger partial charge is 0.507 e.